The van der Waals surface area contributed by atoms with Gasteiger partial charge in [-0.1, -0.05) is 67.4 Å². The molecular formula is C55H61N3O9S. The molecule has 1 aliphatic heterocycles. The fraction of sp³-hybridized carbons (Fsp3) is 0.382. The highest BCUT2D eigenvalue weighted by atomic mass is 32.2. The fourth-order valence-corrected chi connectivity index (χ4v) is 10.9. The van der Waals surface area contributed by atoms with E-state index in [1.54, 1.807) is 30.0 Å². The molecule has 5 aromatic carbocycles. The molecule has 13 heteroatoms. The molecule has 1 fully saturated rings. The lowest BCUT2D eigenvalue weighted by atomic mass is 9.55. The van der Waals surface area contributed by atoms with E-state index in [0.29, 0.717) is 59.9 Å². The standard InChI is InChI=1S/C55H61N3O9S/c1-4-28-57(54(61)41-19-18-38-12-6-7-13-39(38)32-41)51-35-49(56-65-36-37-16-20-42(21-17-37)58(62)63)47-33-40(14-8-10-29-59)46(15-9-11-30-60)52-48-34-44(66-43-22-25-45(68-3)26-23-43)24-27-50(48)67-55(51,53(47)52)64-31-5-2/h5-7,12-13,16-27,32-34,40,46,51-53,59-60H,2,4,8-11,14-15,28-31,35-36H2,1,3H3/t40-,46+,51-,52+,53+,55+/m0/s1. The van der Waals surface area contributed by atoms with Gasteiger partial charge in [0.1, 0.15) is 29.9 Å². The molecule has 1 saturated carbocycles. The van der Waals surface area contributed by atoms with Crippen LogP contribution >= 0.6 is 11.8 Å². The molecular weight excluding hydrogens is 879 g/mol. The molecule has 8 rings (SSSR count). The Morgan fingerprint density at radius 2 is 1.68 bits per heavy atom. The Bertz CT molecular complexity index is 2620. The number of thioether (sulfide) groups is 1. The number of ether oxygens (including phenoxy) is 3. The number of rotatable bonds is 22. The second-order valence-electron chi connectivity index (χ2n) is 17.8. The molecule has 0 radical (unpaired) electrons. The molecule has 5 aromatic rings. The normalized spacial score (nSPS) is 22.1. The van der Waals surface area contributed by atoms with E-state index in [1.165, 1.54) is 12.1 Å². The number of carbonyl (C=O) groups is 1. The third-order valence-electron chi connectivity index (χ3n) is 13.6. The lowest BCUT2D eigenvalue weighted by molar-refractivity contribution is -0.384. The minimum atomic E-state index is -1.43. The molecule has 1 amide bonds. The van der Waals surface area contributed by atoms with Crippen molar-refractivity contribution in [3.63, 3.8) is 0 Å². The van der Waals surface area contributed by atoms with Gasteiger partial charge in [0.2, 0.25) is 5.79 Å². The van der Waals surface area contributed by atoms with Crippen LogP contribution in [0.5, 0.6) is 17.2 Å². The summed E-state index contributed by atoms with van der Waals surface area (Å²) in [6, 6.07) is 33.3. The molecule has 0 aromatic heterocycles. The smallest absolute Gasteiger partial charge is 0.269 e. The van der Waals surface area contributed by atoms with Crippen molar-refractivity contribution >= 4 is 39.8 Å². The monoisotopic (exact) mass is 939 g/mol. The second-order valence-corrected chi connectivity index (χ2v) is 18.7. The predicted octanol–water partition coefficient (Wildman–Crippen LogP) is 11.6. The van der Waals surface area contributed by atoms with Crippen LogP contribution in [0.15, 0.2) is 144 Å². The number of allylic oxidation sites excluding steroid dienone is 1. The molecule has 68 heavy (non-hydrogen) atoms. The van der Waals surface area contributed by atoms with Gasteiger partial charge < -0.3 is 34.2 Å². The largest absolute Gasteiger partial charge is 0.459 e. The van der Waals surface area contributed by atoms with Gasteiger partial charge in [0.15, 0.2) is 0 Å². The average molecular weight is 940 g/mol. The highest BCUT2D eigenvalue weighted by Crippen LogP contribution is 2.62. The van der Waals surface area contributed by atoms with E-state index in [1.807, 2.05) is 90.0 Å². The third-order valence-corrected chi connectivity index (χ3v) is 14.3. The summed E-state index contributed by atoms with van der Waals surface area (Å²) in [5, 5.41) is 38.4. The molecule has 0 unspecified atom stereocenters. The number of fused-ring (bicyclic) bond motifs is 3. The Hall–Kier alpha value is -5.99. The van der Waals surface area contributed by atoms with E-state index in [-0.39, 0.29) is 62.2 Å². The highest BCUT2D eigenvalue weighted by molar-refractivity contribution is 7.98. The van der Waals surface area contributed by atoms with E-state index < -0.39 is 22.7 Å². The van der Waals surface area contributed by atoms with Crippen LogP contribution in [0.1, 0.15) is 85.7 Å². The van der Waals surface area contributed by atoms with E-state index >= 15 is 4.79 Å². The highest BCUT2D eigenvalue weighted by Gasteiger charge is 2.65. The topological polar surface area (TPSA) is 153 Å². The number of unbranched alkanes of at least 4 members (excludes halogenated alkanes) is 2. The van der Waals surface area contributed by atoms with Crippen molar-refractivity contribution in [2.45, 2.75) is 87.5 Å². The summed E-state index contributed by atoms with van der Waals surface area (Å²) in [7, 11) is 0. The van der Waals surface area contributed by atoms with Gasteiger partial charge in [-0.25, -0.2) is 0 Å². The third kappa shape index (κ3) is 10.4. The summed E-state index contributed by atoms with van der Waals surface area (Å²) in [5.74, 6) is -0.306. The summed E-state index contributed by atoms with van der Waals surface area (Å²) >= 11 is 1.66. The molecule has 1 heterocycles. The number of aliphatic hydroxyl groups excluding tert-OH is 2. The Balaban J connectivity index is 1.32. The maximum atomic E-state index is 15.3. The number of non-ortho nitro benzene ring substituents is 1. The van der Waals surface area contributed by atoms with Crippen LogP contribution in [0.3, 0.4) is 0 Å². The van der Waals surface area contributed by atoms with E-state index in [0.717, 1.165) is 52.5 Å². The van der Waals surface area contributed by atoms with E-state index in [2.05, 4.69) is 25.6 Å². The van der Waals surface area contributed by atoms with Gasteiger partial charge in [0.25, 0.3) is 11.6 Å². The number of carbonyl (C=O) groups excluding carboxylic acids is 1. The van der Waals surface area contributed by atoms with Crippen molar-refractivity contribution < 1.29 is 39.0 Å². The number of aliphatic hydroxyl groups is 2. The lowest BCUT2D eigenvalue weighted by Crippen LogP contribution is -2.70. The van der Waals surface area contributed by atoms with Crippen LogP contribution in [0.25, 0.3) is 10.8 Å². The van der Waals surface area contributed by atoms with Crippen LogP contribution < -0.4 is 9.47 Å². The summed E-state index contributed by atoms with van der Waals surface area (Å²) in [6.07, 6.45) is 11.4. The SMILES string of the molecule is C=CCO[C@@]12Oc3ccc(Oc4ccc(SC)cc4)cc3[C@H]3[C@H](CCCCO)[C@@H](CCCCO)C=C(C(=NOCc4ccc([N+](=O)[O-])cc4)C[C@@H]1N(CCC)C(=O)c1ccc4ccccc4c1)[C@H]32. The summed E-state index contributed by atoms with van der Waals surface area (Å²) < 4.78 is 21.2. The first-order chi connectivity index (χ1) is 33.2. The number of hydrogen-bond acceptors (Lipinski definition) is 11. The van der Waals surface area contributed by atoms with Crippen molar-refractivity contribution in [3.8, 4) is 17.2 Å². The van der Waals surface area contributed by atoms with Crippen molar-refractivity contribution in [1.29, 1.82) is 0 Å². The number of nitro benzene ring substituents is 1. The molecule has 3 aliphatic rings. The van der Waals surface area contributed by atoms with Crippen molar-refractivity contribution in [2.75, 3.05) is 32.6 Å². The molecule has 0 saturated heterocycles. The molecule has 2 aliphatic carbocycles. The zero-order valence-corrected chi connectivity index (χ0v) is 39.7. The maximum Gasteiger partial charge on any atom is 0.269 e. The van der Waals surface area contributed by atoms with Crippen molar-refractivity contribution in [3.05, 3.63) is 160 Å². The van der Waals surface area contributed by atoms with Crippen molar-refractivity contribution in [2.24, 2.45) is 22.9 Å². The van der Waals surface area contributed by atoms with Crippen LogP contribution in [-0.2, 0) is 16.2 Å². The Kier molecular flexibility index (Phi) is 16.0. The molecule has 0 bridgehead atoms. The fourth-order valence-electron chi connectivity index (χ4n) is 10.5. The Morgan fingerprint density at radius 3 is 2.38 bits per heavy atom. The molecule has 356 valence electrons. The van der Waals surface area contributed by atoms with E-state index in [9.17, 15) is 20.3 Å². The zero-order chi connectivity index (χ0) is 47.6. The van der Waals surface area contributed by atoms with Crippen LogP contribution in [-0.4, -0.2) is 76.1 Å². The first kappa shape index (κ1) is 48.5. The molecule has 0 spiro atoms. The first-order valence-electron chi connectivity index (χ1n) is 23.8. The summed E-state index contributed by atoms with van der Waals surface area (Å²) in [6.45, 7) is 6.88. The average Bonchev–Trinajstić information content (AvgIpc) is 3.36. The van der Waals surface area contributed by atoms with Gasteiger partial charge in [-0.3, -0.25) is 14.9 Å². The van der Waals surface area contributed by atoms with Crippen molar-refractivity contribution in [1.82, 2.24) is 4.90 Å². The van der Waals surface area contributed by atoms with Crippen LogP contribution in [0.4, 0.5) is 5.69 Å². The number of benzene rings is 5. The van der Waals surface area contributed by atoms with Gasteiger partial charge in [-0.05, 0) is 139 Å². The summed E-state index contributed by atoms with van der Waals surface area (Å²) in [4.78, 5) is 35.6. The van der Waals surface area contributed by atoms with E-state index in [4.69, 9.17) is 24.2 Å². The number of oxime groups is 1. The molecule has 6 atom stereocenters. The minimum Gasteiger partial charge on any atom is -0.459 e. The minimum absolute atomic E-state index is 0.0167. The number of hydrogen-bond donors (Lipinski definition) is 2. The zero-order valence-electron chi connectivity index (χ0n) is 38.8. The van der Waals surface area contributed by atoms with Crippen LogP contribution in [0.2, 0.25) is 0 Å². The van der Waals surface area contributed by atoms with Gasteiger partial charge in [0.05, 0.1) is 23.2 Å². The first-order valence-corrected chi connectivity index (χ1v) is 25.0. The summed E-state index contributed by atoms with van der Waals surface area (Å²) in [5.41, 5.74) is 3.75. The molecule has 12 nitrogen and oxygen atoms in total. The van der Waals surface area contributed by atoms with Gasteiger partial charge in [-0.2, -0.15) is 0 Å². The quantitative estimate of drug-likeness (QED) is 0.0225. The van der Waals surface area contributed by atoms with Gasteiger partial charge in [-0.15, -0.1) is 18.3 Å². The Labute approximate surface area is 402 Å². The lowest BCUT2D eigenvalue weighted by Gasteiger charge is -2.60. The number of amides is 1. The predicted molar refractivity (Wildman–Crippen MR) is 266 cm³/mol. The maximum absolute atomic E-state index is 15.3. The second kappa shape index (κ2) is 22.4. The van der Waals surface area contributed by atoms with Gasteiger partial charge in [0, 0.05) is 60.3 Å². The van der Waals surface area contributed by atoms with Gasteiger partial charge >= 0.3 is 0 Å². The van der Waals surface area contributed by atoms with Crippen LogP contribution in [0, 0.1) is 27.9 Å². The number of nitrogens with zero attached hydrogens (tertiary/aromatic N) is 3. The Morgan fingerprint density at radius 1 is 0.941 bits per heavy atom. The molecule has 2 N–H and O–H groups in total. The number of nitro groups is 1.